The van der Waals surface area contributed by atoms with Crippen molar-refractivity contribution in [1.82, 2.24) is 10.9 Å². The third-order valence-corrected chi connectivity index (χ3v) is 5.64. The highest BCUT2D eigenvalue weighted by molar-refractivity contribution is 7.17. The van der Waals surface area contributed by atoms with E-state index in [0.717, 1.165) is 21.8 Å². The van der Waals surface area contributed by atoms with Crippen LogP contribution in [0.3, 0.4) is 0 Å². The number of thiophene rings is 1. The van der Waals surface area contributed by atoms with Crippen LogP contribution < -0.4 is 15.6 Å². The van der Waals surface area contributed by atoms with Crippen LogP contribution in [0.2, 0.25) is 0 Å². The van der Waals surface area contributed by atoms with Gasteiger partial charge in [-0.2, -0.15) is 0 Å². The van der Waals surface area contributed by atoms with Crippen LogP contribution in [0.5, 0.6) is 5.75 Å². The number of rotatable bonds is 3. The van der Waals surface area contributed by atoms with Gasteiger partial charge >= 0.3 is 0 Å². The first-order valence-electron chi connectivity index (χ1n) is 8.77. The minimum absolute atomic E-state index is 0.270. The Morgan fingerprint density at radius 1 is 1.00 bits per heavy atom. The van der Waals surface area contributed by atoms with Gasteiger partial charge in [-0.05, 0) is 47.9 Å². The fourth-order valence-electron chi connectivity index (χ4n) is 3.01. The molecule has 1 aromatic heterocycles. The van der Waals surface area contributed by atoms with Gasteiger partial charge in [-0.3, -0.25) is 20.4 Å². The first-order valence-corrected chi connectivity index (χ1v) is 9.58. The molecule has 7 heteroatoms. The highest BCUT2D eigenvalue weighted by atomic mass is 32.1. The summed E-state index contributed by atoms with van der Waals surface area (Å²) in [6.45, 7) is 0.270. The smallest absolute Gasteiger partial charge is 0.279 e. The van der Waals surface area contributed by atoms with Gasteiger partial charge in [-0.1, -0.05) is 30.3 Å². The molecule has 2 amide bonds. The standard InChI is InChI=1S/C21H17FN2O3S/c22-16-7-5-13(6-8-16)18-9-10-19(28-18)21(26)24-23-20(25)15-11-14-3-1-2-4-17(14)27-12-15/h1-10,15H,11-12H2,(H,23,25)(H,24,26). The summed E-state index contributed by atoms with van der Waals surface area (Å²) in [7, 11) is 0. The van der Waals surface area contributed by atoms with Crippen LogP contribution in [0.4, 0.5) is 4.39 Å². The molecule has 0 radical (unpaired) electrons. The number of para-hydroxylation sites is 1. The van der Waals surface area contributed by atoms with Gasteiger partial charge in [0, 0.05) is 4.88 Å². The van der Waals surface area contributed by atoms with Crippen LogP contribution in [-0.4, -0.2) is 18.4 Å². The lowest BCUT2D eigenvalue weighted by Gasteiger charge is -2.24. The Balaban J connectivity index is 1.34. The van der Waals surface area contributed by atoms with Gasteiger partial charge in [0.15, 0.2) is 0 Å². The summed E-state index contributed by atoms with van der Waals surface area (Å²) in [5, 5.41) is 0. The van der Waals surface area contributed by atoms with Crippen LogP contribution in [0.15, 0.2) is 60.7 Å². The molecule has 2 heterocycles. The highest BCUT2D eigenvalue weighted by Gasteiger charge is 2.26. The molecular formula is C21H17FN2O3S. The predicted octanol–water partition coefficient (Wildman–Crippen LogP) is 3.57. The Morgan fingerprint density at radius 2 is 1.79 bits per heavy atom. The van der Waals surface area contributed by atoms with Crippen molar-refractivity contribution in [3.63, 3.8) is 0 Å². The molecule has 0 saturated heterocycles. The third kappa shape index (κ3) is 3.89. The third-order valence-electron chi connectivity index (χ3n) is 4.51. The minimum Gasteiger partial charge on any atom is -0.492 e. The fourth-order valence-corrected chi connectivity index (χ4v) is 3.91. The maximum Gasteiger partial charge on any atom is 0.279 e. The van der Waals surface area contributed by atoms with Crippen LogP contribution >= 0.6 is 11.3 Å². The number of hydrogen-bond acceptors (Lipinski definition) is 4. The molecule has 0 spiro atoms. The molecule has 1 unspecified atom stereocenters. The van der Waals surface area contributed by atoms with Gasteiger partial charge < -0.3 is 4.74 Å². The second-order valence-corrected chi connectivity index (χ2v) is 7.52. The zero-order valence-corrected chi connectivity index (χ0v) is 15.6. The molecule has 0 aliphatic carbocycles. The normalized spacial score (nSPS) is 15.2. The largest absolute Gasteiger partial charge is 0.492 e. The van der Waals surface area contributed by atoms with E-state index in [0.29, 0.717) is 11.3 Å². The lowest BCUT2D eigenvalue weighted by molar-refractivity contribution is -0.127. The number of carbonyl (C=O) groups is 2. The first kappa shape index (κ1) is 18.2. The Kier molecular flexibility index (Phi) is 5.08. The van der Waals surface area contributed by atoms with E-state index in [-0.39, 0.29) is 24.2 Å². The van der Waals surface area contributed by atoms with E-state index in [4.69, 9.17) is 4.74 Å². The molecule has 5 nitrogen and oxygen atoms in total. The maximum absolute atomic E-state index is 13.0. The zero-order chi connectivity index (χ0) is 19.5. The summed E-state index contributed by atoms with van der Waals surface area (Å²) < 4.78 is 18.6. The average Bonchev–Trinajstić information content (AvgIpc) is 3.22. The van der Waals surface area contributed by atoms with E-state index in [9.17, 15) is 14.0 Å². The summed E-state index contributed by atoms with van der Waals surface area (Å²) in [5.41, 5.74) is 6.73. The van der Waals surface area contributed by atoms with Crippen molar-refractivity contribution in [3.05, 3.63) is 76.9 Å². The van der Waals surface area contributed by atoms with Gasteiger partial charge in [0.2, 0.25) is 5.91 Å². The topological polar surface area (TPSA) is 67.4 Å². The molecule has 2 aromatic carbocycles. The lowest BCUT2D eigenvalue weighted by Crippen LogP contribution is -2.46. The quantitative estimate of drug-likeness (QED) is 0.665. The molecule has 0 saturated carbocycles. The number of halogens is 1. The van der Waals surface area contributed by atoms with Gasteiger partial charge in [0.1, 0.15) is 18.2 Å². The van der Waals surface area contributed by atoms with E-state index in [2.05, 4.69) is 10.9 Å². The van der Waals surface area contributed by atoms with Crippen LogP contribution in [0.1, 0.15) is 15.2 Å². The predicted molar refractivity (Wildman–Crippen MR) is 104 cm³/mol. The second kappa shape index (κ2) is 7.82. The molecule has 142 valence electrons. The number of fused-ring (bicyclic) bond motifs is 1. The van der Waals surface area contributed by atoms with Gasteiger partial charge in [-0.25, -0.2) is 4.39 Å². The molecule has 1 atom stereocenters. The summed E-state index contributed by atoms with van der Waals surface area (Å²) >= 11 is 1.27. The fraction of sp³-hybridized carbons (Fsp3) is 0.143. The molecule has 2 N–H and O–H groups in total. The number of amides is 2. The summed E-state index contributed by atoms with van der Waals surface area (Å²) in [5.74, 6) is -0.576. The number of ether oxygens (including phenoxy) is 1. The van der Waals surface area contributed by atoms with Crippen molar-refractivity contribution in [3.8, 4) is 16.2 Å². The average molecular weight is 396 g/mol. The molecule has 0 bridgehead atoms. The van der Waals surface area contributed by atoms with E-state index in [1.54, 1.807) is 24.3 Å². The molecule has 0 fully saturated rings. The molecule has 4 rings (SSSR count). The molecule has 28 heavy (non-hydrogen) atoms. The van der Waals surface area contributed by atoms with Crippen molar-refractivity contribution in [1.29, 1.82) is 0 Å². The number of benzene rings is 2. The number of nitrogens with one attached hydrogen (secondary N) is 2. The SMILES string of the molecule is O=C(NNC(=O)C1COc2ccccc2C1)c1ccc(-c2ccc(F)cc2)s1. The van der Waals surface area contributed by atoms with Crippen molar-refractivity contribution < 1.29 is 18.7 Å². The maximum atomic E-state index is 13.0. The summed E-state index contributed by atoms with van der Waals surface area (Å²) in [6, 6.07) is 17.1. The molecular weight excluding hydrogens is 379 g/mol. The van der Waals surface area contributed by atoms with Crippen LogP contribution in [0.25, 0.3) is 10.4 Å². The number of hydrazine groups is 1. The molecule has 3 aromatic rings. The minimum atomic E-state index is -0.399. The monoisotopic (exact) mass is 396 g/mol. The Hall–Kier alpha value is -3.19. The number of carbonyl (C=O) groups excluding carboxylic acids is 2. The van der Waals surface area contributed by atoms with E-state index < -0.39 is 5.91 Å². The summed E-state index contributed by atoms with van der Waals surface area (Å²) in [6.07, 6.45) is 0.561. The Labute approximate surface area is 165 Å². The van der Waals surface area contributed by atoms with Crippen LogP contribution in [-0.2, 0) is 11.2 Å². The Bertz CT molecular complexity index is 1020. The van der Waals surface area contributed by atoms with Gasteiger partial charge in [0.25, 0.3) is 5.91 Å². The van der Waals surface area contributed by atoms with Crippen molar-refractivity contribution in [2.45, 2.75) is 6.42 Å². The van der Waals surface area contributed by atoms with Crippen molar-refractivity contribution in [2.24, 2.45) is 5.92 Å². The lowest BCUT2D eigenvalue weighted by atomic mass is 9.96. The van der Waals surface area contributed by atoms with Gasteiger partial charge in [0.05, 0.1) is 10.8 Å². The second-order valence-electron chi connectivity index (χ2n) is 6.43. The van der Waals surface area contributed by atoms with E-state index in [1.807, 2.05) is 24.3 Å². The molecule has 1 aliphatic rings. The number of hydrogen-bond donors (Lipinski definition) is 2. The van der Waals surface area contributed by atoms with Crippen LogP contribution in [0, 0.1) is 11.7 Å². The van der Waals surface area contributed by atoms with Gasteiger partial charge in [-0.15, -0.1) is 11.3 Å². The Morgan fingerprint density at radius 3 is 2.61 bits per heavy atom. The first-order chi connectivity index (χ1) is 13.6. The summed E-state index contributed by atoms with van der Waals surface area (Å²) in [4.78, 5) is 26.0. The van der Waals surface area contributed by atoms with E-state index >= 15 is 0 Å². The zero-order valence-electron chi connectivity index (χ0n) is 14.8. The molecule has 1 aliphatic heterocycles. The highest BCUT2D eigenvalue weighted by Crippen LogP contribution is 2.28. The van der Waals surface area contributed by atoms with E-state index in [1.165, 1.54) is 23.5 Å². The van der Waals surface area contributed by atoms with Crippen molar-refractivity contribution >= 4 is 23.2 Å². The van der Waals surface area contributed by atoms with Crippen molar-refractivity contribution in [2.75, 3.05) is 6.61 Å².